The van der Waals surface area contributed by atoms with Crippen LogP contribution in [-0.4, -0.2) is 59.3 Å². The van der Waals surface area contributed by atoms with E-state index in [1.54, 1.807) is 11.3 Å². The number of anilines is 1. The molecular weight excluding hydrogens is 246 g/mol. The molecule has 1 unspecified atom stereocenters. The van der Waals surface area contributed by atoms with Gasteiger partial charge in [0.2, 0.25) is 5.13 Å². The van der Waals surface area contributed by atoms with Crippen LogP contribution in [0.25, 0.3) is 0 Å². The zero-order chi connectivity index (χ0) is 13.0. The molecule has 0 saturated carbocycles. The van der Waals surface area contributed by atoms with Crippen molar-refractivity contribution in [1.82, 2.24) is 20.0 Å². The molecule has 1 saturated heterocycles. The van der Waals surface area contributed by atoms with Crippen LogP contribution in [0.5, 0.6) is 0 Å². The number of nitrogens with zero attached hydrogens (tertiary/aromatic N) is 4. The Balaban J connectivity index is 1.88. The number of hydrogen-bond acceptors (Lipinski definition) is 6. The van der Waals surface area contributed by atoms with Crippen LogP contribution in [0.1, 0.15) is 25.3 Å². The molecule has 102 valence electrons. The SMILES string of the molecule is CCNc1nnc(CN2CCN(C)C(CC)C2)s1. The molecule has 1 atom stereocenters. The molecule has 5 nitrogen and oxygen atoms in total. The second-order valence-electron chi connectivity index (χ2n) is 4.81. The summed E-state index contributed by atoms with van der Waals surface area (Å²) >= 11 is 1.67. The van der Waals surface area contributed by atoms with Crippen LogP contribution >= 0.6 is 11.3 Å². The molecule has 1 fully saturated rings. The zero-order valence-electron chi connectivity index (χ0n) is 11.5. The van der Waals surface area contributed by atoms with Crippen LogP contribution in [0, 0.1) is 0 Å². The summed E-state index contributed by atoms with van der Waals surface area (Å²) in [6.45, 7) is 9.60. The minimum atomic E-state index is 0.680. The lowest BCUT2D eigenvalue weighted by molar-refractivity contribution is 0.0882. The van der Waals surface area contributed by atoms with Gasteiger partial charge in [0.1, 0.15) is 5.01 Å². The molecular formula is C12H23N5S. The first-order valence-corrected chi connectivity index (χ1v) is 7.53. The summed E-state index contributed by atoms with van der Waals surface area (Å²) in [5, 5.41) is 13.7. The van der Waals surface area contributed by atoms with Crippen LogP contribution in [0.15, 0.2) is 0 Å². The number of aromatic nitrogens is 2. The third-order valence-electron chi connectivity index (χ3n) is 3.49. The normalized spacial score (nSPS) is 22.3. The van der Waals surface area contributed by atoms with Gasteiger partial charge < -0.3 is 10.2 Å². The molecule has 1 N–H and O–H groups in total. The first-order valence-electron chi connectivity index (χ1n) is 6.71. The molecule has 0 bridgehead atoms. The second-order valence-corrected chi connectivity index (χ2v) is 5.87. The Morgan fingerprint density at radius 1 is 1.33 bits per heavy atom. The van der Waals surface area contributed by atoms with E-state index in [2.05, 4.69) is 46.2 Å². The van der Waals surface area contributed by atoms with E-state index in [9.17, 15) is 0 Å². The van der Waals surface area contributed by atoms with Gasteiger partial charge in [0.25, 0.3) is 0 Å². The van der Waals surface area contributed by atoms with Gasteiger partial charge in [-0.05, 0) is 20.4 Å². The van der Waals surface area contributed by atoms with Crippen LogP contribution in [0.3, 0.4) is 0 Å². The van der Waals surface area contributed by atoms with E-state index in [0.717, 1.165) is 42.9 Å². The Kier molecular flexibility index (Phi) is 4.91. The maximum atomic E-state index is 4.25. The largest absolute Gasteiger partial charge is 0.360 e. The average Bonchev–Trinajstić information content (AvgIpc) is 2.80. The van der Waals surface area contributed by atoms with Crippen molar-refractivity contribution < 1.29 is 0 Å². The van der Waals surface area contributed by atoms with E-state index in [1.807, 2.05) is 0 Å². The molecule has 0 aromatic carbocycles. The van der Waals surface area contributed by atoms with E-state index in [0.29, 0.717) is 6.04 Å². The zero-order valence-corrected chi connectivity index (χ0v) is 12.3. The molecule has 0 spiro atoms. The lowest BCUT2D eigenvalue weighted by atomic mass is 10.1. The Morgan fingerprint density at radius 3 is 2.89 bits per heavy atom. The van der Waals surface area contributed by atoms with Crippen molar-refractivity contribution in [2.45, 2.75) is 32.9 Å². The third kappa shape index (κ3) is 3.40. The number of rotatable bonds is 5. The fraction of sp³-hybridized carbons (Fsp3) is 0.833. The van der Waals surface area contributed by atoms with Gasteiger partial charge >= 0.3 is 0 Å². The van der Waals surface area contributed by atoms with Crippen molar-refractivity contribution >= 4 is 16.5 Å². The molecule has 6 heteroatoms. The minimum absolute atomic E-state index is 0.680. The quantitative estimate of drug-likeness (QED) is 0.877. The van der Waals surface area contributed by atoms with Crippen LogP contribution in [-0.2, 0) is 6.54 Å². The summed E-state index contributed by atoms with van der Waals surface area (Å²) in [6.07, 6.45) is 1.21. The number of likely N-dealkylation sites (N-methyl/N-ethyl adjacent to an activating group) is 1. The summed E-state index contributed by atoms with van der Waals surface area (Å²) < 4.78 is 0. The van der Waals surface area contributed by atoms with Crippen molar-refractivity contribution in [3.63, 3.8) is 0 Å². The maximum Gasteiger partial charge on any atom is 0.205 e. The molecule has 0 aliphatic carbocycles. The molecule has 2 rings (SSSR count). The fourth-order valence-electron chi connectivity index (χ4n) is 2.33. The molecule has 1 aromatic heterocycles. The standard InChI is InChI=1S/C12H23N5S/c1-4-10-8-17(7-6-16(10)3)9-11-14-15-12(18-11)13-5-2/h10H,4-9H2,1-3H3,(H,13,15). The van der Waals surface area contributed by atoms with Crippen molar-refractivity contribution in [3.05, 3.63) is 5.01 Å². The van der Waals surface area contributed by atoms with Gasteiger partial charge in [0, 0.05) is 32.2 Å². The molecule has 18 heavy (non-hydrogen) atoms. The molecule has 0 radical (unpaired) electrons. The summed E-state index contributed by atoms with van der Waals surface area (Å²) in [4.78, 5) is 4.95. The Morgan fingerprint density at radius 2 is 2.17 bits per heavy atom. The second kappa shape index (κ2) is 6.45. The third-order valence-corrected chi connectivity index (χ3v) is 4.35. The number of nitrogens with one attached hydrogen (secondary N) is 1. The number of piperazine rings is 1. The summed E-state index contributed by atoms with van der Waals surface area (Å²) in [5.41, 5.74) is 0. The van der Waals surface area contributed by atoms with Gasteiger partial charge in [-0.2, -0.15) is 0 Å². The highest BCUT2D eigenvalue weighted by molar-refractivity contribution is 7.15. The minimum Gasteiger partial charge on any atom is -0.360 e. The van der Waals surface area contributed by atoms with Gasteiger partial charge in [-0.3, -0.25) is 4.90 Å². The smallest absolute Gasteiger partial charge is 0.205 e. The average molecular weight is 269 g/mol. The maximum absolute atomic E-state index is 4.25. The van der Waals surface area contributed by atoms with Gasteiger partial charge in [0.05, 0.1) is 6.54 Å². The van der Waals surface area contributed by atoms with Crippen LogP contribution in [0.4, 0.5) is 5.13 Å². The van der Waals surface area contributed by atoms with E-state index >= 15 is 0 Å². The predicted molar refractivity (Wildman–Crippen MR) is 76.1 cm³/mol. The molecule has 1 aliphatic rings. The van der Waals surface area contributed by atoms with Gasteiger partial charge in [-0.1, -0.05) is 18.3 Å². The molecule has 2 heterocycles. The first kappa shape index (κ1) is 13.7. The lowest BCUT2D eigenvalue weighted by Crippen LogP contribution is -2.50. The highest BCUT2D eigenvalue weighted by Gasteiger charge is 2.23. The van der Waals surface area contributed by atoms with E-state index in [1.165, 1.54) is 6.42 Å². The summed E-state index contributed by atoms with van der Waals surface area (Å²) in [7, 11) is 2.22. The number of hydrogen-bond donors (Lipinski definition) is 1. The predicted octanol–water partition coefficient (Wildman–Crippen LogP) is 1.50. The van der Waals surface area contributed by atoms with Crippen molar-refractivity contribution in [1.29, 1.82) is 0 Å². The monoisotopic (exact) mass is 269 g/mol. The van der Waals surface area contributed by atoms with E-state index in [-0.39, 0.29) is 0 Å². The molecule has 1 aliphatic heterocycles. The van der Waals surface area contributed by atoms with Crippen LogP contribution < -0.4 is 5.32 Å². The lowest BCUT2D eigenvalue weighted by Gasteiger charge is -2.38. The van der Waals surface area contributed by atoms with E-state index < -0.39 is 0 Å². The highest BCUT2D eigenvalue weighted by atomic mass is 32.1. The van der Waals surface area contributed by atoms with Crippen molar-refractivity contribution in [2.75, 3.05) is 38.5 Å². The first-order chi connectivity index (χ1) is 8.72. The van der Waals surface area contributed by atoms with Crippen LogP contribution in [0.2, 0.25) is 0 Å². The van der Waals surface area contributed by atoms with Crippen molar-refractivity contribution in [2.24, 2.45) is 0 Å². The van der Waals surface area contributed by atoms with Gasteiger partial charge in [0.15, 0.2) is 0 Å². The highest BCUT2D eigenvalue weighted by Crippen LogP contribution is 2.19. The molecule has 0 amide bonds. The fourth-order valence-corrected chi connectivity index (χ4v) is 3.18. The Labute approximate surface area is 113 Å². The van der Waals surface area contributed by atoms with Crippen molar-refractivity contribution in [3.8, 4) is 0 Å². The summed E-state index contributed by atoms with van der Waals surface area (Å²) in [6, 6.07) is 0.680. The Hall–Kier alpha value is -0.720. The van der Waals surface area contributed by atoms with Gasteiger partial charge in [-0.25, -0.2) is 0 Å². The van der Waals surface area contributed by atoms with E-state index in [4.69, 9.17) is 0 Å². The summed E-state index contributed by atoms with van der Waals surface area (Å²) in [5.74, 6) is 0. The topological polar surface area (TPSA) is 44.3 Å². The molecule has 1 aromatic rings. The Bertz CT molecular complexity index is 367. The van der Waals surface area contributed by atoms with Gasteiger partial charge in [-0.15, -0.1) is 10.2 Å².